The molecule has 1 N–H and O–H groups in total. The molecule has 6 nitrogen and oxygen atoms in total. The SMILES string of the molecule is O=C(Nc1nc(-c2ccc(Cl)cc2)cs1)c1ccc(CS(=O)(=O)c2ccccc2)o1. The molecule has 0 atom stereocenters. The Bertz CT molecular complexity index is 1280. The average Bonchev–Trinajstić information content (AvgIpc) is 3.39. The van der Waals surface area contributed by atoms with E-state index in [0.29, 0.717) is 15.8 Å². The fourth-order valence-electron chi connectivity index (χ4n) is 2.72. The number of sulfone groups is 1. The number of anilines is 1. The van der Waals surface area contributed by atoms with Crippen molar-refractivity contribution in [3.8, 4) is 11.3 Å². The maximum atomic E-state index is 12.5. The van der Waals surface area contributed by atoms with Crippen molar-refractivity contribution >= 4 is 43.8 Å². The van der Waals surface area contributed by atoms with Crippen LogP contribution in [0.1, 0.15) is 16.3 Å². The van der Waals surface area contributed by atoms with E-state index < -0.39 is 15.7 Å². The Kier molecular flexibility index (Phi) is 5.72. The van der Waals surface area contributed by atoms with Crippen LogP contribution >= 0.6 is 22.9 Å². The lowest BCUT2D eigenvalue weighted by atomic mass is 10.2. The molecule has 0 saturated heterocycles. The highest BCUT2D eigenvalue weighted by Crippen LogP contribution is 2.26. The minimum absolute atomic E-state index is 0.0107. The first-order chi connectivity index (χ1) is 14.4. The number of amides is 1. The summed E-state index contributed by atoms with van der Waals surface area (Å²) in [5.74, 6) is -0.640. The van der Waals surface area contributed by atoms with Crippen LogP contribution in [-0.2, 0) is 15.6 Å². The van der Waals surface area contributed by atoms with Gasteiger partial charge < -0.3 is 4.42 Å². The van der Waals surface area contributed by atoms with E-state index in [1.54, 1.807) is 30.3 Å². The predicted molar refractivity (Wildman–Crippen MR) is 117 cm³/mol. The van der Waals surface area contributed by atoms with Gasteiger partial charge in [0, 0.05) is 16.0 Å². The molecule has 0 saturated carbocycles. The molecule has 0 aliphatic rings. The fourth-order valence-corrected chi connectivity index (χ4v) is 4.83. The highest BCUT2D eigenvalue weighted by molar-refractivity contribution is 7.90. The second-order valence-electron chi connectivity index (χ2n) is 6.34. The number of halogens is 1. The van der Waals surface area contributed by atoms with E-state index in [1.807, 2.05) is 17.5 Å². The number of benzene rings is 2. The number of nitrogens with zero attached hydrogens (tertiary/aromatic N) is 1. The first kappa shape index (κ1) is 20.3. The van der Waals surface area contributed by atoms with E-state index in [-0.39, 0.29) is 22.2 Å². The fraction of sp³-hybridized carbons (Fsp3) is 0.0476. The van der Waals surface area contributed by atoms with Crippen LogP contribution in [0.3, 0.4) is 0 Å². The van der Waals surface area contributed by atoms with Crippen LogP contribution in [-0.4, -0.2) is 19.3 Å². The van der Waals surface area contributed by atoms with Gasteiger partial charge in [-0.3, -0.25) is 10.1 Å². The third-order valence-corrected chi connectivity index (χ3v) is 6.85. The van der Waals surface area contributed by atoms with E-state index in [4.69, 9.17) is 16.0 Å². The summed E-state index contributed by atoms with van der Waals surface area (Å²) < 4.78 is 30.4. The monoisotopic (exact) mass is 458 g/mol. The van der Waals surface area contributed by atoms with Gasteiger partial charge in [0.2, 0.25) is 0 Å². The minimum Gasteiger partial charge on any atom is -0.455 e. The Balaban J connectivity index is 1.44. The number of carbonyl (C=O) groups is 1. The van der Waals surface area contributed by atoms with E-state index in [2.05, 4.69) is 10.3 Å². The molecule has 0 aliphatic heterocycles. The molecule has 9 heteroatoms. The maximum absolute atomic E-state index is 12.5. The largest absolute Gasteiger partial charge is 0.455 e. The second-order valence-corrected chi connectivity index (χ2v) is 9.62. The number of nitrogens with one attached hydrogen (secondary N) is 1. The first-order valence-corrected chi connectivity index (χ1v) is 11.7. The number of aromatic nitrogens is 1. The van der Waals surface area contributed by atoms with Crippen molar-refractivity contribution in [1.82, 2.24) is 4.98 Å². The molecule has 0 spiro atoms. The molecule has 4 aromatic rings. The minimum atomic E-state index is -3.56. The molecule has 2 aromatic carbocycles. The van der Waals surface area contributed by atoms with Crippen LogP contribution in [0, 0.1) is 0 Å². The van der Waals surface area contributed by atoms with Crippen LogP contribution in [0.5, 0.6) is 0 Å². The summed E-state index contributed by atoms with van der Waals surface area (Å²) in [6.45, 7) is 0. The van der Waals surface area contributed by atoms with Crippen LogP contribution in [0.2, 0.25) is 5.02 Å². The van der Waals surface area contributed by atoms with Crippen molar-refractivity contribution in [2.45, 2.75) is 10.6 Å². The van der Waals surface area contributed by atoms with Gasteiger partial charge in [-0.2, -0.15) is 0 Å². The van der Waals surface area contributed by atoms with Crippen LogP contribution < -0.4 is 5.32 Å². The summed E-state index contributed by atoms with van der Waals surface area (Å²) >= 11 is 7.17. The normalized spacial score (nSPS) is 11.4. The molecule has 0 bridgehead atoms. The quantitative estimate of drug-likeness (QED) is 0.424. The van der Waals surface area contributed by atoms with Crippen molar-refractivity contribution < 1.29 is 17.6 Å². The van der Waals surface area contributed by atoms with E-state index in [1.165, 1.54) is 35.6 Å². The summed E-state index contributed by atoms with van der Waals surface area (Å²) in [6, 6.07) is 18.2. The predicted octanol–water partition coefficient (Wildman–Crippen LogP) is 5.28. The van der Waals surface area contributed by atoms with Crippen molar-refractivity contribution in [3.63, 3.8) is 0 Å². The topological polar surface area (TPSA) is 89.3 Å². The summed E-state index contributed by atoms with van der Waals surface area (Å²) in [5.41, 5.74) is 1.59. The van der Waals surface area contributed by atoms with Gasteiger partial charge >= 0.3 is 0 Å². The second kappa shape index (κ2) is 8.43. The van der Waals surface area contributed by atoms with E-state index >= 15 is 0 Å². The lowest BCUT2D eigenvalue weighted by Gasteiger charge is -2.02. The number of hydrogen-bond acceptors (Lipinski definition) is 6. The van der Waals surface area contributed by atoms with Gasteiger partial charge in [0.15, 0.2) is 20.7 Å². The zero-order chi connectivity index (χ0) is 21.1. The molecular weight excluding hydrogens is 444 g/mol. The zero-order valence-electron chi connectivity index (χ0n) is 15.4. The van der Waals surface area contributed by atoms with Crippen LogP contribution in [0.4, 0.5) is 5.13 Å². The Morgan fingerprint density at radius 2 is 1.77 bits per heavy atom. The van der Waals surface area contributed by atoms with Crippen molar-refractivity contribution in [1.29, 1.82) is 0 Å². The Morgan fingerprint density at radius 1 is 1.03 bits per heavy atom. The standard InChI is InChI=1S/C21H15ClN2O4S2/c22-15-8-6-14(7-9-15)18-12-29-21(23-18)24-20(25)19-11-10-16(28-19)13-30(26,27)17-4-2-1-3-5-17/h1-12H,13H2,(H,23,24,25). The summed E-state index contributed by atoms with van der Waals surface area (Å²) in [4.78, 5) is 17.0. The number of carbonyl (C=O) groups excluding carboxylic acids is 1. The van der Waals surface area contributed by atoms with Gasteiger partial charge in [-0.1, -0.05) is 41.9 Å². The highest BCUT2D eigenvalue weighted by Gasteiger charge is 2.19. The molecule has 2 aromatic heterocycles. The molecule has 0 unspecified atom stereocenters. The van der Waals surface area contributed by atoms with Crippen LogP contribution in [0.25, 0.3) is 11.3 Å². The van der Waals surface area contributed by atoms with E-state index in [0.717, 1.165) is 5.56 Å². The Morgan fingerprint density at radius 3 is 2.50 bits per heavy atom. The number of thiazole rings is 1. The number of hydrogen-bond donors (Lipinski definition) is 1. The van der Waals surface area contributed by atoms with Gasteiger partial charge in [0.25, 0.3) is 5.91 Å². The third kappa shape index (κ3) is 4.62. The Labute approximate surface area is 182 Å². The van der Waals surface area contributed by atoms with Gasteiger partial charge in [0.05, 0.1) is 10.6 Å². The third-order valence-electron chi connectivity index (χ3n) is 4.18. The van der Waals surface area contributed by atoms with Gasteiger partial charge in [0.1, 0.15) is 11.5 Å². The summed E-state index contributed by atoms with van der Waals surface area (Å²) in [6.07, 6.45) is 0. The lowest BCUT2D eigenvalue weighted by Crippen LogP contribution is -2.10. The van der Waals surface area contributed by atoms with Crippen molar-refractivity contribution in [2.24, 2.45) is 0 Å². The van der Waals surface area contributed by atoms with Gasteiger partial charge in [-0.05, 0) is 36.4 Å². The molecule has 1 amide bonds. The molecule has 4 rings (SSSR count). The van der Waals surface area contributed by atoms with Crippen molar-refractivity contribution in [2.75, 3.05) is 5.32 Å². The molecule has 0 fully saturated rings. The Hall–Kier alpha value is -2.94. The lowest BCUT2D eigenvalue weighted by molar-refractivity contribution is 0.0995. The zero-order valence-corrected chi connectivity index (χ0v) is 17.8. The average molecular weight is 459 g/mol. The molecule has 0 radical (unpaired) electrons. The van der Waals surface area contributed by atoms with Crippen LogP contribution in [0.15, 0.2) is 81.4 Å². The first-order valence-electron chi connectivity index (χ1n) is 8.80. The number of furan rings is 1. The van der Waals surface area contributed by atoms with Gasteiger partial charge in [-0.25, -0.2) is 13.4 Å². The molecule has 2 heterocycles. The van der Waals surface area contributed by atoms with E-state index in [9.17, 15) is 13.2 Å². The molecule has 152 valence electrons. The molecule has 30 heavy (non-hydrogen) atoms. The smallest absolute Gasteiger partial charge is 0.293 e. The maximum Gasteiger partial charge on any atom is 0.293 e. The highest BCUT2D eigenvalue weighted by atomic mass is 35.5. The summed E-state index contributed by atoms with van der Waals surface area (Å²) in [7, 11) is -3.56. The summed E-state index contributed by atoms with van der Waals surface area (Å²) in [5, 5.41) is 5.52. The number of rotatable bonds is 6. The molecular formula is C21H15ClN2O4S2. The van der Waals surface area contributed by atoms with Gasteiger partial charge in [-0.15, -0.1) is 11.3 Å². The molecule has 0 aliphatic carbocycles. The van der Waals surface area contributed by atoms with Crippen molar-refractivity contribution in [3.05, 3.63) is 88.7 Å².